The van der Waals surface area contributed by atoms with E-state index in [4.69, 9.17) is 5.73 Å². The first-order valence-corrected chi connectivity index (χ1v) is 7.38. The summed E-state index contributed by atoms with van der Waals surface area (Å²) in [7, 11) is 1.94. The number of nitrogens with one attached hydrogen (secondary N) is 1. The quantitative estimate of drug-likeness (QED) is 0.648. The van der Waals surface area contributed by atoms with Crippen LogP contribution < -0.4 is 16.0 Å². The molecule has 1 aromatic heterocycles. The van der Waals surface area contributed by atoms with Crippen LogP contribution in [-0.2, 0) is 0 Å². The van der Waals surface area contributed by atoms with Crippen LogP contribution in [0.25, 0.3) is 11.3 Å². The minimum absolute atomic E-state index is 0.0256. The molecule has 1 saturated heterocycles. The van der Waals surface area contributed by atoms with Crippen molar-refractivity contribution >= 4 is 17.5 Å². The molecular weight excluding hydrogens is 296 g/mol. The first-order valence-electron chi connectivity index (χ1n) is 7.38. The fourth-order valence-corrected chi connectivity index (χ4v) is 2.75. The number of nitrogens with two attached hydrogens (primary N) is 1. The lowest BCUT2D eigenvalue weighted by atomic mass is 10.1. The van der Waals surface area contributed by atoms with Crippen molar-refractivity contribution in [2.75, 3.05) is 30.8 Å². The zero-order chi connectivity index (χ0) is 16.4. The molecule has 3 rings (SSSR count). The summed E-state index contributed by atoms with van der Waals surface area (Å²) in [5.74, 6) is 0.911. The maximum Gasteiger partial charge on any atom is 0.270 e. The van der Waals surface area contributed by atoms with Gasteiger partial charge in [0.25, 0.3) is 5.69 Å². The maximum absolute atomic E-state index is 10.9. The molecule has 8 heteroatoms. The monoisotopic (exact) mass is 314 g/mol. The van der Waals surface area contributed by atoms with E-state index in [0.29, 0.717) is 17.3 Å². The summed E-state index contributed by atoms with van der Waals surface area (Å²) in [5.41, 5.74) is 7.10. The number of rotatable bonds is 4. The number of nitrogens with zero attached hydrogens (tertiary/aromatic N) is 4. The van der Waals surface area contributed by atoms with Crippen LogP contribution in [-0.4, -0.2) is 41.1 Å². The van der Waals surface area contributed by atoms with Gasteiger partial charge in [0.05, 0.1) is 10.6 Å². The van der Waals surface area contributed by atoms with Crippen molar-refractivity contribution in [1.82, 2.24) is 15.3 Å². The van der Waals surface area contributed by atoms with E-state index in [0.717, 1.165) is 25.3 Å². The fourth-order valence-electron chi connectivity index (χ4n) is 2.75. The summed E-state index contributed by atoms with van der Waals surface area (Å²) in [6.45, 7) is 1.73. The molecule has 1 fully saturated rings. The first kappa shape index (κ1) is 15.2. The lowest BCUT2D eigenvalue weighted by Crippen LogP contribution is -2.30. The summed E-state index contributed by atoms with van der Waals surface area (Å²) in [6.07, 6.45) is 1.03. The van der Waals surface area contributed by atoms with Crippen LogP contribution in [0.2, 0.25) is 0 Å². The van der Waals surface area contributed by atoms with E-state index in [2.05, 4.69) is 20.2 Å². The highest BCUT2D eigenvalue weighted by Gasteiger charge is 2.23. The SMILES string of the molecule is CNC1CCN(c2cc(-c3cccc([N+](=O)[O-])c3)nc(N)n2)C1. The van der Waals surface area contributed by atoms with Crippen LogP contribution in [0.5, 0.6) is 0 Å². The molecule has 8 nitrogen and oxygen atoms in total. The highest BCUT2D eigenvalue weighted by molar-refractivity contribution is 5.66. The Bertz CT molecular complexity index is 736. The molecule has 23 heavy (non-hydrogen) atoms. The van der Waals surface area contributed by atoms with Gasteiger partial charge in [-0.1, -0.05) is 12.1 Å². The van der Waals surface area contributed by atoms with E-state index < -0.39 is 4.92 Å². The van der Waals surface area contributed by atoms with Crippen molar-refractivity contribution in [2.24, 2.45) is 0 Å². The van der Waals surface area contributed by atoms with Crippen molar-refractivity contribution in [2.45, 2.75) is 12.5 Å². The van der Waals surface area contributed by atoms with Crippen molar-refractivity contribution in [1.29, 1.82) is 0 Å². The van der Waals surface area contributed by atoms with Gasteiger partial charge in [-0.3, -0.25) is 10.1 Å². The second-order valence-electron chi connectivity index (χ2n) is 5.50. The standard InChI is InChI=1S/C15H18N6O2/c1-17-11-5-6-20(9-11)14-8-13(18-15(16)19-14)10-3-2-4-12(7-10)21(22)23/h2-4,7-8,11,17H,5-6,9H2,1H3,(H2,16,18,19). The number of nitrogen functional groups attached to an aromatic ring is 1. The maximum atomic E-state index is 10.9. The Balaban J connectivity index is 1.95. The molecule has 0 radical (unpaired) electrons. The smallest absolute Gasteiger partial charge is 0.270 e. The Labute approximate surface area is 133 Å². The third-order valence-corrected chi connectivity index (χ3v) is 4.00. The van der Waals surface area contributed by atoms with Crippen LogP contribution in [0.4, 0.5) is 17.5 Å². The van der Waals surface area contributed by atoms with E-state index in [9.17, 15) is 10.1 Å². The van der Waals surface area contributed by atoms with Crippen LogP contribution in [0.1, 0.15) is 6.42 Å². The molecule has 0 amide bonds. The molecule has 0 saturated carbocycles. The molecule has 2 heterocycles. The van der Waals surface area contributed by atoms with Gasteiger partial charge in [0.1, 0.15) is 5.82 Å². The van der Waals surface area contributed by atoms with E-state index in [1.807, 2.05) is 13.1 Å². The number of benzene rings is 1. The van der Waals surface area contributed by atoms with Gasteiger partial charge in [0.2, 0.25) is 5.95 Å². The van der Waals surface area contributed by atoms with Crippen LogP contribution in [0, 0.1) is 10.1 Å². The average Bonchev–Trinajstić information content (AvgIpc) is 3.03. The van der Waals surface area contributed by atoms with Gasteiger partial charge in [-0.15, -0.1) is 0 Å². The van der Waals surface area contributed by atoms with Gasteiger partial charge in [-0.05, 0) is 13.5 Å². The molecule has 1 aromatic carbocycles. The fraction of sp³-hybridized carbons (Fsp3) is 0.333. The lowest BCUT2D eigenvalue weighted by Gasteiger charge is -2.18. The Morgan fingerprint density at radius 3 is 2.91 bits per heavy atom. The largest absolute Gasteiger partial charge is 0.368 e. The van der Waals surface area contributed by atoms with E-state index in [-0.39, 0.29) is 11.6 Å². The topological polar surface area (TPSA) is 110 Å². The van der Waals surface area contributed by atoms with E-state index >= 15 is 0 Å². The van der Waals surface area contributed by atoms with Crippen molar-refractivity contribution in [3.05, 3.63) is 40.4 Å². The Kier molecular flexibility index (Phi) is 4.07. The third-order valence-electron chi connectivity index (χ3n) is 4.00. The summed E-state index contributed by atoms with van der Waals surface area (Å²) in [5, 5.41) is 14.2. The Morgan fingerprint density at radius 1 is 1.39 bits per heavy atom. The second kappa shape index (κ2) is 6.17. The molecule has 0 spiro atoms. The van der Waals surface area contributed by atoms with Crippen molar-refractivity contribution in [3.8, 4) is 11.3 Å². The zero-order valence-electron chi connectivity index (χ0n) is 12.8. The number of nitro benzene ring substituents is 1. The summed E-state index contributed by atoms with van der Waals surface area (Å²) in [6, 6.07) is 8.61. The number of hydrogen-bond acceptors (Lipinski definition) is 7. The van der Waals surface area contributed by atoms with Crippen LogP contribution in [0.3, 0.4) is 0 Å². The van der Waals surface area contributed by atoms with E-state index in [1.165, 1.54) is 12.1 Å². The van der Waals surface area contributed by atoms with Crippen molar-refractivity contribution < 1.29 is 4.92 Å². The van der Waals surface area contributed by atoms with Gasteiger partial charge in [0, 0.05) is 42.9 Å². The minimum Gasteiger partial charge on any atom is -0.368 e. The Hall–Kier alpha value is -2.74. The lowest BCUT2D eigenvalue weighted by molar-refractivity contribution is -0.384. The van der Waals surface area contributed by atoms with Gasteiger partial charge in [-0.25, -0.2) is 4.98 Å². The number of likely N-dealkylation sites (N-methyl/N-ethyl adjacent to an activating group) is 1. The van der Waals surface area contributed by atoms with Gasteiger partial charge in [0.15, 0.2) is 0 Å². The summed E-state index contributed by atoms with van der Waals surface area (Å²) in [4.78, 5) is 21.2. The number of hydrogen-bond donors (Lipinski definition) is 2. The molecule has 1 aliphatic rings. The summed E-state index contributed by atoms with van der Waals surface area (Å²) >= 11 is 0. The molecule has 1 atom stereocenters. The number of non-ortho nitro benzene ring substituents is 1. The predicted molar refractivity (Wildman–Crippen MR) is 88.2 cm³/mol. The zero-order valence-corrected chi connectivity index (χ0v) is 12.8. The molecule has 3 N–H and O–H groups in total. The molecule has 2 aromatic rings. The average molecular weight is 314 g/mol. The van der Waals surface area contributed by atoms with Gasteiger partial charge >= 0.3 is 0 Å². The molecule has 0 aliphatic carbocycles. The molecular formula is C15H18N6O2. The third kappa shape index (κ3) is 3.21. The molecule has 0 bridgehead atoms. The minimum atomic E-state index is -0.424. The second-order valence-corrected chi connectivity index (χ2v) is 5.50. The number of nitro groups is 1. The highest BCUT2D eigenvalue weighted by atomic mass is 16.6. The number of anilines is 2. The predicted octanol–water partition coefficient (Wildman–Crippen LogP) is 1.43. The normalized spacial score (nSPS) is 17.4. The molecule has 1 aliphatic heterocycles. The molecule has 120 valence electrons. The van der Waals surface area contributed by atoms with Gasteiger partial charge in [-0.2, -0.15) is 4.98 Å². The van der Waals surface area contributed by atoms with Gasteiger partial charge < -0.3 is 16.0 Å². The van der Waals surface area contributed by atoms with Crippen LogP contribution >= 0.6 is 0 Å². The molecule has 1 unspecified atom stereocenters. The number of aromatic nitrogens is 2. The highest BCUT2D eigenvalue weighted by Crippen LogP contribution is 2.27. The van der Waals surface area contributed by atoms with Crippen molar-refractivity contribution in [3.63, 3.8) is 0 Å². The van der Waals surface area contributed by atoms with E-state index in [1.54, 1.807) is 12.1 Å². The Morgan fingerprint density at radius 2 is 2.22 bits per heavy atom. The first-order chi connectivity index (χ1) is 11.1. The summed E-state index contributed by atoms with van der Waals surface area (Å²) < 4.78 is 0. The van der Waals surface area contributed by atoms with Crippen LogP contribution in [0.15, 0.2) is 30.3 Å².